The summed E-state index contributed by atoms with van der Waals surface area (Å²) in [5.74, 6) is -15.6. The van der Waals surface area contributed by atoms with Gasteiger partial charge in [-0.05, 0) is 12.1 Å². The summed E-state index contributed by atoms with van der Waals surface area (Å²) >= 11 is 16.5. The lowest BCUT2D eigenvalue weighted by Crippen LogP contribution is -2.57. The molecule has 22 heavy (non-hydrogen) atoms. The molecule has 0 aliphatic rings. The highest BCUT2D eigenvalue weighted by atomic mass is 35.5. The predicted octanol–water partition coefficient (Wildman–Crippen LogP) is 5.42. The summed E-state index contributed by atoms with van der Waals surface area (Å²) < 4.78 is 87.4. The van der Waals surface area contributed by atoms with Gasteiger partial charge in [-0.3, -0.25) is 4.79 Å². The quantitative estimate of drug-likeness (QED) is 0.540. The van der Waals surface area contributed by atoms with Crippen molar-refractivity contribution in [3.63, 3.8) is 0 Å². The van der Waals surface area contributed by atoms with E-state index >= 15 is 0 Å². The lowest BCUT2D eigenvalue weighted by Gasteiger charge is -2.27. The van der Waals surface area contributed by atoms with E-state index in [1.165, 1.54) is 0 Å². The summed E-state index contributed by atoms with van der Waals surface area (Å²) in [5.41, 5.74) is -0.710. The van der Waals surface area contributed by atoms with Crippen molar-refractivity contribution < 1.29 is 35.5 Å². The van der Waals surface area contributed by atoms with Crippen molar-refractivity contribution in [2.45, 2.75) is 18.0 Å². The zero-order valence-electron chi connectivity index (χ0n) is 9.84. The first kappa shape index (κ1) is 19.1. The van der Waals surface area contributed by atoms with Crippen molar-refractivity contribution in [2.24, 2.45) is 0 Å². The molecule has 0 unspecified atom stereocenters. The molecule has 1 aromatic carbocycles. The average molecular weight is 392 g/mol. The highest BCUT2D eigenvalue weighted by Crippen LogP contribution is 2.47. The van der Waals surface area contributed by atoms with E-state index < -0.39 is 34.6 Å². The minimum absolute atomic E-state index is 0.156. The van der Waals surface area contributed by atoms with E-state index in [-0.39, 0.29) is 10.0 Å². The lowest BCUT2D eigenvalue weighted by atomic mass is 10.1. The Hall–Kier alpha value is -0.930. The molecule has 12 heteroatoms. The second-order valence-corrected chi connectivity index (χ2v) is 5.07. The van der Waals surface area contributed by atoms with Gasteiger partial charge in [-0.25, -0.2) is 0 Å². The number of anilines is 1. The molecule has 1 rings (SSSR count). The number of alkyl halides is 7. The van der Waals surface area contributed by atoms with Gasteiger partial charge in [0.05, 0.1) is 20.8 Å². The second kappa shape index (κ2) is 5.93. The monoisotopic (exact) mass is 391 g/mol. The Morgan fingerprint density at radius 2 is 1.32 bits per heavy atom. The fourth-order valence-corrected chi connectivity index (χ4v) is 1.73. The number of halogens is 10. The Morgan fingerprint density at radius 1 is 0.864 bits per heavy atom. The molecule has 1 amide bonds. The number of hydrogen-bond acceptors (Lipinski definition) is 1. The molecule has 0 aromatic heterocycles. The molecule has 0 aliphatic carbocycles. The van der Waals surface area contributed by atoms with Crippen LogP contribution in [0.2, 0.25) is 15.1 Å². The van der Waals surface area contributed by atoms with Gasteiger partial charge in [-0.1, -0.05) is 34.8 Å². The van der Waals surface area contributed by atoms with E-state index in [1.807, 2.05) is 0 Å². The Bertz CT molecular complexity index is 603. The molecule has 2 nitrogen and oxygen atoms in total. The third kappa shape index (κ3) is 3.36. The molecule has 1 aromatic rings. The van der Waals surface area contributed by atoms with Gasteiger partial charge in [0.25, 0.3) is 0 Å². The van der Waals surface area contributed by atoms with Crippen LogP contribution in [-0.4, -0.2) is 23.9 Å². The summed E-state index contributed by atoms with van der Waals surface area (Å²) in [5, 5.41) is 0.207. The SMILES string of the molecule is O=C(Nc1cc(Cl)c(Cl)cc1Cl)C(F)(F)C(F)(F)C(F)(F)F. The third-order valence-electron chi connectivity index (χ3n) is 2.29. The van der Waals surface area contributed by atoms with E-state index in [0.717, 1.165) is 11.4 Å². The molecule has 1 N–H and O–H groups in total. The normalized spacial score (nSPS) is 13.2. The van der Waals surface area contributed by atoms with Gasteiger partial charge in [-0.15, -0.1) is 0 Å². The van der Waals surface area contributed by atoms with Gasteiger partial charge >= 0.3 is 23.9 Å². The van der Waals surface area contributed by atoms with Crippen molar-refractivity contribution in [1.29, 1.82) is 0 Å². The Morgan fingerprint density at radius 3 is 1.77 bits per heavy atom. The number of carbonyl (C=O) groups is 1. The molecular weight excluding hydrogens is 389 g/mol. The zero-order valence-corrected chi connectivity index (χ0v) is 12.1. The summed E-state index contributed by atoms with van der Waals surface area (Å²) in [4.78, 5) is 11.1. The first-order valence-corrected chi connectivity index (χ1v) is 6.13. The summed E-state index contributed by atoms with van der Waals surface area (Å²) in [6.07, 6.45) is -6.63. The lowest BCUT2D eigenvalue weighted by molar-refractivity contribution is -0.343. The highest BCUT2D eigenvalue weighted by Gasteiger charge is 2.76. The van der Waals surface area contributed by atoms with Crippen molar-refractivity contribution >= 4 is 46.4 Å². The Balaban J connectivity index is 3.15. The van der Waals surface area contributed by atoms with Crippen molar-refractivity contribution in [3.05, 3.63) is 27.2 Å². The maximum atomic E-state index is 13.1. The molecule has 0 spiro atoms. The predicted molar refractivity (Wildman–Crippen MR) is 66.1 cm³/mol. The van der Waals surface area contributed by atoms with Crippen LogP contribution in [0.5, 0.6) is 0 Å². The number of nitrogens with one attached hydrogen (secondary N) is 1. The number of amides is 1. The van der Waals surface area contributed by atoms with Crippen LogP contribution in [0.4, 0.5) is 36.4 Å². The maximum Gasteiger partial charge on any atom is 0.460 e. The second-order valence-electron chi connectivity index (χ2n) is 3.85. The van der Waals surface area contributed by atoms with Gasteiger partial charge in [0, 0.05) is 0 Å². The van der Waals surface area contributed by atoms with Gasteiger partial charge in [0.15, 0.2) is 0 Å². The van der Waals surface area contributed by atoms with Crippen molar-refractivity contribution in [2.75, 3.05) is 5.32 Å². The molecule has 0 atom stereocenters. The van der Waals surface area contributed by atoms with E-state index in [1.54, 1.807) is 0 Å². The molecule has 0 saturated carbocycles. The van der Waals surface area contributed by atoms with E-state index in [0.29, 0.717) is 6.07 Å². The Labute approximate surface area is 133 Å². The maximum absolute atomic E-state index is 13.1. The molecule has 0 aliphatic heterocycles. The molecule has 0 saturated heterocycles. The van der Waals surface area contributed by atoms with E-state index in [9.17, 15) is 35.5 Å². The van der Waals surface area contributed by atoms with Gasteiger partial charge < -0.3 is 5.32 Å². The summed E-state index contributed by atoms with van der Waals surface area (Å²) in [7, 11) is 0. The average Bonchev–Trinajstić information content (AvgIpc) is 2.34. The van der Waals surface area contributed by atoms with Crippen LogP contribution in [-0.2, 0) is 4.79 Å². The standard InChI is InChI=1S/C10H3Cl3F7NO/c11-3-1-5(13)6(2-4(3)12)21-7(22)8(14,15)9(16,17)10(18,19)20/h1-2H,(H,21,22). The van der Waals surface area contributed by atoms with E-state index in [2.05, 4.69) is 0 Å². The summed E-state index contributed by atoms with van der Waals surface area (Å²) in [6, 6.07) is 1.59. The first-order chi connectivity index (χ1) is 9.71. The topological polar surface area (TPSA) is 29.1 Å². The summed E-state index contributed by atoms with van der Waals surface area (Å²) in [6.45, 7) is 0. The van der Waals surface area contributed by atoms with Gasteiger partial charge in [-0.2, -0.15) is 30.7 Å². The minimum Gasteiger partial charge on any atom is -0.319 e. The smallest absolute Gasteiger partial charge is 0.319 e. The van der Waals surface area contributed by atoms with Crippen molar-refractivity contribution in [3.8, 4) is 0 Å². The zero-order chi connectivity index (χ0) is 17.5. The minimum atomic E-state index is -6.63. The molecule has 0 fully saturated rings. The van der Waals surface area contributed by atoms with Crippen LogP contribution in [0.3, 0.4) is 0 Å². The fourth-order valence-electron chi connectivity index (χ4n) is 1.14. The number of carbonyl (C=O) groups excluding carboxylic acids is 1. The molecule has 0 radical (unpaired) electrons. The molecule has 124 valence electrons. The van der Waals surface area contributed by atoms with Crippen LogP contribution in [0.1, 0.15) is 0 Å². The molecular formula is C10H3Cl3F7NO. The van der Waals surface area contributed by atoms with Crippen molar-refractivity contribution in [1.82, 2.24) is 0 Å². The van der Waals surface area contributed by atoms with Crippen LogP contribution >= 0.6 is 34.8 Å². The van der Waals surface area contributed by atoms with Gasteiger partial charge in [0.2, 0.25) is 0 Å². The molecule has 0 bridgehead atoms. The molecule has 0 heterocycles. The van der Waals surface area contributed by atoms with Crippen LogP contribution in [0.15, 0.2) is 12.1 Å². The van der Waals surface area contributed by atoms with Crippen LogP contribution in [0.25, 0.3) is 0 Å². The first-order valence-electron chi connectivity index (χ1n) is 5.00. The fraction of sp³-hybridized carbons (Fsp3) is 0.300. The number of rotatable bonds is 3. The highest BCUT2D eigenvalue weighted by molar-refractivity contribution is 6.44. The number of hydrogen-bond donors (Lipinski definition) is 1. The Kier molecular flexibility index (Phi) is 5.16. The number of benzene rings is 1. The largest absolute Gasteiger partial charge is 0.460 e. The van der Waals surface area contributed by atoms with Gasteiger partial charge in [0.1, 0.15) is 0 Å². The van der Waals surface area contributed by atoms with Crippen LogP contribution in [0, 0.1) is 0 Å². The van der Waals surface area contributed by atoms with Crippen LogP contribution < -0.4 is 5.32 Å². The van der Waals surface area contributed by atoms with E-state index in [4.69, 9.17) is 34.8 Å². The third-order valence-corrected chi connectivity index (χ3v) is 3.33.